The van der Waals surface area contributed by atoms with Crippen LogP contribution in [0.15, 0.2) is 33.7 Å². The molecule has 2 heterocycles. The van der Waals surface area contributed by atoms with Crippen LogP contribution in [0.25, 0.3) is 0 Å². The zero-order chi connectivity index (χ0) is 21.4. The topological polar surface area (TPSA) is 80.9 Å². The molecule has 1 aliphatic heterocycles. The first-order chi connectivity index (χ1) is 14.6. The van der Waals surface area contributed by atoms with Gasteiger partial charge in [-0.3, -0.25) is 0 Å². The number of hydrogen-bond acceptors (Lipinski definition) is 5. The van der Waals surface area contributed by atoms with Crippen molar-refractivity contribution in [1.29, 1.82) is 0 Å². The minimum absolute atomic E-state index is 0.00467. The highest BCUT2D eigenvalue weighted by atomic mass is 16.5. The van der Waals surface area contributed by atoms with Crippen LogP contribution in [0.2, 0.25) is 0 Å². The molecular formula is C23H34N4O3. The molecule has 164 valence electrons. The number of hydrogen-bond donors (Lipinski definition) is 2. The van der Waals surface area contributed by atoms with E-state index in [0.717, 1.165) is 62.3 Å². The molecule has 0 radical (unpaired) electrons. The van der Waals surface area contributed by atoms with Gasteiger partial charge in [0.1, 0.15) is 18.1 Å². The molecule has 0 aliphatic carbocycles. The molecule has 0 unspecified atom stereocenters. The third-order valence-electron chi connectivity index (χ3n) is 5.61. The Morgan fingerprint density at radius 3 is 2.47 bits per heavy atom. The number of aromatic nitrogens is 1. The molecule has 7 heteroatoms. The van der Waals surface area contributed by atoms with Crippen LogP contribution in [0.4, 0.5) is 0 Å². The first kappa shape index (κ1) is 22.2. The third-order valence-corrected chi connectivity index (χ3v) is 5.61. The molecule has 7 nitrogen and oxygen atoms in total. The zero-order valence-corrected chi connectivity index (χ0v) is 18.6. The molecule has 3 rings (SSSR count). The molecule has 0 amide bonds. The predicted molar refractivity (Wildman–Crippen MR) is 118 cm³/mol. The molecular weight excluding hydrogens is 380 g/mol. The molecule has 1 aromatic carbocycles. The number of nitrogens with one attached hydrogen (secondary N) is 2. The minimum atomic E-state index is -0.00467. The van der Waals surface area contributed by atoms with Crippen LogP contribution in [-0.2, 0) is 16.7 Å². The van der Waals surface area contributed by atoms with Gasteiger partial charge in [-0.25, -0.2) is 9.98 Å². The van der Waals surface area contributed by atoms with Gasteiger partial charge in [0.15, 0.2) is 5.96 Å². The van der Waals surface area contributed by atoms with Crippen LogP contribution < -0.4 is 15.4 Å². The Bertz CT molecular complexity index is 804. The summed E-state index contributed by atoms with van der Waals surface area (Å²) in [6.45, 7) is 12.1. The monoisotopic (exact) mass is 414 g/mol. The van der Waals surface area contributed by atoms with Gasteiger partial charge in [-0.05, 0) is 58.2 Å². The fourth-order valence-electron chi connectivity index (χ4n) is 3.75. The molecule has 0 spiro atoms. The van der Waals surface area contributed by atoms with Crippen molar-refractivity contribution in [2.45, 2.75) is 52.5 Å². The van der Waals surface area contributed by atoms with Crippen molar-refractivity contribution in [3.63, 3.8) is 0 Å². The minimum Gasteiger partial charge on any atom is -0.494 e. The normalized spacial score (nSPS) is 16.3. The van der Waals surface area contributed by atoms with Crippen LogP contribution in [0.5, 0.6) is 5.75 Å². The number of guanidine groups is 1. The van der Waals surface area contributed by atoms with E-state index in [-0.39, 0.29) is 5.41 Å². The van der Waals surface area contributed by atoms with Gasteiger partial charge in [0.25, 0.3) is 0 Å². The Labute approximate surface area is 179 Å². The third kappa shape index (κ3) is 5.53. The molecule has 0 saturated carbocycles. The Morgan fingerprint density at radius 2 is 1.87 bits per heavy atom. The Balaban J connectivity index is 1.73. The molecule has 1 aliphatic rings. The summed E-state index contributed by atoms with van der Waals surface area (Å²) in [7, 11) is 0. The summed E-state index contributed by atoms with van der Waals surface area (Å²) < 4.78 is 16.9. The first-order valence-electron chi connectivity index (χ1n) is 10.8. The maximum absolute atomic E-state index is 5.66. The highest BCUT2D eigenvalue weighted by Gasteiger charge is 2.34. The average molecular weight is 415 g/mol. The van der Waals surface area contributed by atoms with E-state index >= 15 is 0 Å². The SMILES string of the molecule is CCNC(=NCc1nc(C)c(C)o1)NCC1(c2ccc(OCC)cc2)CCOCC1. The van der Waals surface area contributed by atoms with Crippen LogP contribution in [-0.4, -0.2) is 43.9 Å². The van der Waals surface area contributed by atoms with Crippen molar-refractivity contribution in [2.24, 2.45) is 4.99 Å². The molecule has 0 bridgehead atoms. The lowest BCUT2D eigenvalue weighted by atomic mass is 9.74. The zero-order valence-electron chi connectivity index (χ0n) is 18.6. The van der Waals surface area contributed by atoms with E-state index < -0.39 is 0 Å². The quantitative estimate of drug-likeness (QED) is 0.508. The largest absolute Gasteiger partial charge is 0.494 e. The second-order valence-electron chi connectivity index (χ2n) is 7.65. The number of aliphatic imine (C=N–C) groups is 1. The lowest BCUT2D eigenvalue weighted by Gasteiger charge is -2.38. The average Bonchev–Trinajstić information content (AvgIpc) is 3.09. The predicted octanol–water partition coefficient (Wildman–Crippen LogP) is 3.49. The van der Waals surface area contributed by atoms with E-state index in [1.54, 1.807) is 0 Å². The Hall–Kier alpha value is -2.54. The number of ether oxygens (including phenoxy) is 2. The van der Waals surface area contributed by atoms with E-state index in [2.05, 4.69) is 51.8 Å². The van der Waals surface area contributed by atoms with Gasteiger partial charge in [-0.2, -0.15) is 0 Å². The maximum atomic E-state index is 5.66. The summed E-state index contributed by atoms with van der Waals surface area (Å²) in [6, 6.07) is 8.48. The first-order valence-corrected chi connectivity index (χ1v) is 10.8. The van der Waals surface area contributed by atoms with E-state index in [9.17, 15) is 0 Å². The smallest absolute Gasteiger partial charge is 0.216 e. The summed E-state index contributed by atoms with van der Waals surface area (Å²) >= 11 is 0. The van der Waals surface area contributed by atoms with Crippen molar-refractivity contribution in [3.05, 3.63) is 47.2 Å². The molecule has 2 N–H and O–H groups in total. The number of benzene rings is 1. The second kappa shape index (κ2) is 10.5. The van der Waals surface area contributed by atoms with E-state index in [4.69, 9.17) is 13.9 Å². The Kier molecular flexibility index (Phi) is 7.74. The van der Waals surface area contributed by atoms with Crippen molar-refractivity contribution in [2.75, 3.05) is 32.9 Å². The highest BCUT2D eigenvalue weighted by Crippen LogP contribution is 2.35. The fraction of sp³-hybridized carbons (Fsp3) is 0.565. The molecule has 1 fully saturated rings. The van der Waals surface area contributed by atoms with Crippen molar-refractivity contribution < 1.29 is 13.9 Å². The highest BCUT2D eigenvalue weighted by molar-refractivity contribution is 5.79. The van der Waals surface area contributed by atoms with Crippen LogP contribution in [0.3, 0.4) is 0 Å². The van der Waals surface area contributed by atoms with Crippen molar-refractivity contribution >= 4 is 5.96 Å². The molecule has 1 aromatic heterocycles. The summed E-state index contributed by atoms with van der Waals surface area (Å²) in [5, 5.41) is 6.87. The van der Waals surface area contributed by atoms with Crippen LogP contribution in [0.1, 0.15) is 49.6 Å². The summed E-state index contributed by atoms with van der Waals surface area (Å²) in [5.74, 6) is 3.15. The van der Waals surface area contributed by atoms with Crippen LogP contribution in [0, 0.1) is 13.8 Å². The summed E-state index contributed by atoms with van der Waals surface area (Å²) in [5.41, 5.74) is 2.21. The fourth-order valence-corrected chi connectivity index (χ4v) is 3.75. The van der Waals surface area contributed by atoms with Gasteiger partial charge < -0.3 is 24.5 Å². The summed E-state index contributed by atoms with van der Waals surface area (Å²) in [6.07, 6.45) is 1.93. The molecule has 1 saturated heterocycles. The lowest BCUT2D eigenvalue weighted by molar-refractivity contribution is 0.0513. The molecule has 30 heavy (non-hydrogen) atoms. The van der Waals surface area contributed by atoms with Gasteiger partial charge in [-0.1, -0.05) is 12.1 Å². The van der Waals surface area contributed by atoms with Gasteiger partial charge in [0.05, 0.1) is 12.3 Å². The second-order valence-corrected chi connectivity index (χ2v) is 7.65. The van der Waals surface area contributed by atoms with Gasteiger partial charge in [0, 0.05) is 31.7 Å². The van der Waals surface area contributed by atoms with E-state index in [1.165, 1.54) is 5.56 Å². The van der Waals surface area contributed by atoms with E-state index in [1.807, 2.05) is 20.8 Å². The number of nitrogens with zero attached hydrogens (tertiary/aromatic N) is 2. The summed E-state index contributed by atoms with van der Waals surface area (Å²) in [4.78, 5) is 9.09. The Morgan fingerprint density at radius 1 is 1.13 bits per heavy atom. The van der Waals surface area contributed by atoms with Gasteiger partial charge >= 0.3 is 0 Å². The van der Waals surface area contributed by atoms with Crippen LogP contribution >= 0.6 is 0 Å². The molecule has 2 aromatic rings. The standard InChI is InChI=1S/C23H34N4O3/c1-5-24-22(25-15-21-27-17(3)18(4)30-21)26-16-23(11-13-28-14-12-23)19-7-9-20(10-8-19)29-6-2/h7-10H,5-6,11-16H2,1-4H3,(H2,24,25,26). The molecule has 0 atom stereocenters. The number of aryl methyl sites for hydroxylation is 2. The lowest BCUT2D eigenvalue weighted by Crippen LogP contribution is -2.48. The van der Waals surface area contributed by atoms with Gasteiger partial charge in [0.2, 0.25) is 5.89 Å². The van der Waals surface area contributed by atoms with Crippen molar-refractivity contribution in [1.82, 2.24) is 15.6 Å². The van der Waals surface area contributed by atoms with E-state index in [0.29, 0.717) is 19.0 Å². The van der Waals surface area contributed by atoms with Crippen molar-refractivity contribution in [3.8, 4) is 5.75 Å². The maximum Gasteiger partial charge on any atom is 0.216 e. The number of rotatable bonds is 8. The van der Waals surface area contributed by atoms with Gasteiger partial charge in [-0.15, -0.1) is 0 Å². The number of oxazole rings is 1.